The molecule has 2 amide bonds. The van der Waals surface area contributed by atoms with Crippen molar-refractivity contribution in [3.63, 3.8) is 0 Å². The number of piperidine rings is 1. The quantitative estimate of drug-likeness (QED) is 0.727. The highest BCUT2D eigenvalue weighted by atomic mass is 16.5. The van der Waals surface area contributed by atoms with Gasteiger partial charge in [0.1, 0.15) is 5.70 Å². The number of hydrogen-bond donors (Lipinski definition) is 0. The molecular weight excluding hydrogens is 354 g/mol. The normalized spacial score (nSPS) is 21.8. The Balaban J connectivity index is 1.59. The first-order chi connectivity index (χ1) is 13.6. The number of carbonyl (C=O) groups excluding carboxylic acids is 2. The number of imide groups is 1. The number of rotatable bonds is 5. The zero-order valence-electron chi connectivity index (χ0n) is 16.7. The molecule has 0 atom stereocenters. The second-order valence-corrected chi connectivity index (χ2v) is 7.85. The van der Waals surface area contributed by atoms with Crippen LogP contribution in [0.3, 0.4) is 0 Å². The fourth-order valence-electron chi connectivity index (χ4n) is 4.22. The second kappa shape index (κ2) is 8.45. The van der Waals surface area contributed by atoms with Crippen molar-refractivity contribution in [1.29, 1.82) is 0 Å². The van der Waals surface area contributed by atoms with Crippen molar-refractivity contribution in [2.75, 3.05) is 52.5 Å². The molecule has 0 unspecified atom stereocenters. The predicted octanol–water partition coefficient (Wildman–Crippen LogP) is 1.89. The average molecular weight is 383 g/mol. The summed E-state index contributed by atoms with van der Waals surface area (Å²) in [6, 6.07) is 7.94. The van der Waals surface area contributed by atoms with E-state index in [4.69, 9.17) is 4.74 Å². The maximum Gasteiger partial charge on any atom is 0.277 e. The van der Waals surface area contributed by atoms with E-state index in [-0.39, 0.29) is 11.8 Å². The van der Waals surface area contributed by atoms with Gasteiger partial charge in [0, 0.05) is 39.3 Å². The third-order valence-corrected chi connectivity index (χ3v) is 5.90. The van der Waals surface area contributed by atoms with E-state index in [1.165, 1.54) is 11.3 Å². The van der Waals surface area contributed by atoms with Crippen LogP contribution in [0.15, 0.2) is 30.0 Å². The monoisotopic (exact) mass is 383 g/mol. The van der Waals surface area contributed by atoms with E-state index in [2.05, 4.69) is 9.80 Å². The van der Waals surface area contributed by atoms with Crippen LogP contribution >= 0.6 is 0 Å². The van der Waals surface area contributed by atoms with Crippen LogP contribution in [0, 0.1) is 6.92 Å². The Morgan fingerprint density at radius 2 is 1.54 bits per heavy atom. The number of benzene rings is 1. The van der Waals surface area contributed by atoms with Crippen molar-refractivity contribution in [3.05, 3.63) is 41.1 Å². The minimum absolute atomic E-state index is 0.129. The number of amides is 2. The molecule has 28 heavy (non-hydrogen) atoms. The SMILES string of the molecule is Cc1ccc(C2=C(N3CCCCC3)C(=O)N(CCN3CCOCC3)C2=O)cc1. The Kier molecular flexibility index (Phi) is 5.78. The minimum Gasteiger partial charge on any atom is -0.379 e. The number of morpholine rings is 1. The number of aryl methyl sites for hydroxylation is 1. The molecule has 150 valence electrons. The van der Waals surface area contributed by atoms with E-state index >= 15 is 0 Å². The molecule has 0 saturated carbocycles. The summed E-state index contributed by atoms with van der Waals surface area (Å²) < 4.78 is 5.39. The highest BCUT2D eigenvalue weighted by molar-refractivity contribution is 6.35. The Morgan fingerprint density at radius 3 is 2.21 bits per heavy atom. The van der Waals surface area contributed by atoms with E-state index < -0.39 is 0 Å². The molecule has 0 radical (unpaired) electrons. The summed E-state index contributed by atoms with van der Waals surface area (Å²) in [6.07, 6.45) is 3.33. The van der Waals surface area contributed by atoms with Crippen LogP contribution in [0.25, 0.3) is 5.57 Å². The van der Waals surface area contributed by atoms with Gasteiger partial charge in [-0.15, -0.1) is 0 Å². The third kappa shape index (κ3) is 3.84. The molecule has 3 heterocycles. The third-order valence-electron chi connectivity index (χ3n) is 5.90. The van der Waals surface area contributed by atoms with Crippen LogP contribution in [0.2, 0.25) is 0 Å². The van der Waals surface area contributed by atoms with Crippen LogP contribution in [0.1, 0.15) is 30.4 Å². The average Bonchev–Trinajstić information content (AvgIpc) is 2.98. The number of nitrogens with zero attached hydrogens (tertiary/aromatic N) is 3. The lowest BCUT2D eigenvalue weighted by molar-refractivity contribution is -0.138. The predicted molar refractivity (Wildman–Crippen MR) is 108 cm³/mol. The lowest BCUT2D eigenvalue weighted by Crippen LogP contribution is -2.44. The molecule has 3 aliphatic rings. The Hall–Kier alpha value is -2.18. The minimum atomic E-state index is -0.150. The lowest BCUT2D eigenvalue weighted by Gasteiger charge is -2.30. The fourth-order valence-corrected chi connectivity index (χ4v) is 4.22. The largest absolute Gasteiger partial charge is 0.379 e. The van der Waals surface area contributed by atoms with Crippen molar-refractivity contribution >= 4 is 17.4 Å². The zero-order chi connectivity index (χ0) is 19.5. The number of hydrogen-bond acceptors (Lipinski definition) is 5. The molecule has 2 fully saturated rings. The molecule has 0 bridgehead atoms. The van der Waals surface area contributed by atoms with E-state index in [0.717, 1.165) is 50.1 Å². The van der Waals surface area contributed by atoms with Crippen molar-refractivity contribution < 1.29 is 14.3 Å². The highest BCUT2D eigenvalue weighted by Crippen LogP contribution is 2.33. The fraction of sp³-hybridized carbons (Fsp3) is 0.545. The van der Waals surface area contributed by atoms with Gasteiger partial charge in [-0.1, -0.05) is 29.8 Å². The summed E-state index contributed by atoms with van der Waals surface area (Å²) in [5.41, 5.74) is 3.17. The van der Waals surface area contributed by atoms with Crippen molar-refractivity contribution in [2.45, 2.75) is 26.2 Å². The lowest BCUT2D eigenvalue weighted by atomic mass is 10.0. The molecule has 2 saturated heterocycles. The number of ether oxygens (including phenoxy) is 1. The second-order valence-electron chi connectivity index (χ2n) is 7.85. The Morgan fingerprint density at radius 1 is 0.857 bits per heavy atom. The molecule has 6 nitrogen and oxygen atoms in total. The van der Waals surface area contributed by atoms with Crippen molar-refractivity contribution in [3.8, 4) is 0 Å². The molecule has 4 rings (SSSR count). The molecule has 0 aliphatic carbocycles. The van der Waals surface area contributed by atoms with Gasteiger partial charge in [-0.25, -0.2) is 0 Å². The van der Waals surface area contributed by atoms with Gasteiger partial charge in [-0.05, 0) is 31.7 Å². The van der Waals surface area contributed by atoms with Crippen molar-refractivity contribution in [2.24, 2.45) is 0 Å². The molecule has 1 aromatic rings. The van der Waals surface area contributed by atoms with Gasteiger partial charge in [-0.3, -0.25) is 19.4 Å². The van der Waals surface area contributed by atoms with Crippen molar-refractivity contribution in [1.82, 2.24) is 14.7 Å². The van der Waals surface area contributed by atoms with Gasteiger partial charge >= 0.3 is 0 Å². The summed E-state index contributed by atoms with van der Waals surface area (Å²) in [7, 11) is 0. The standard InChI is InChI=1S/C22H29N3O3/c1-17-5-7-18(8-6-17)19-20(24-9-3-2-4-10-24)22(27)25(21(19)26)12-11-23-13-15-28-16-14-23/h5-8H,2-4,9-16H2,1H3. The van der Waals surface area contributed by atoms with Gasteiger partial charge in [0.15, 0.2) is 0 Å². The van der Waals surface area contributed by atoms with Gasteiger partial charge < -0.3 is 9.64 Å². The maximum atomic E-state index is 13.3. The van der Waals surface area contributed by atoms with Crippen LogP contribution in [0.5, 0.6) is 0 Å². The zero-order valence-corrected chi connectivity index (χ0v) is 16.7. The summed E-state index contributed by atoms with van der Waals surface area (Å²) in [5, 5.41) is 0. The summed E-state index contributed by atoms with van der Waals surface area (Å²) in [4.78, 5) is 32.4. The highest BCUT2D eigenvalue weighted by Gasteiger charge is 2.41. The van der Waals surface area contributed by atoms with Crippen LogP contribution in [-0.2, 0) is 14.3 Å². The molecule has 0 N–H and O–H groups in total. The van der Waals surface area contributed by atoms with Gasteiger partial charge in [0.25, 0.3) is 11.8 Å². The van der Waals surface area contributed by atoms with Crippen LogP contribution in [-0.4, -0.2) is 79.0 Å². The maximum absolute atomic E-state index is 13.3. The van der Waals surface area contributed by atoms with Gasteiger partial charge in [0.2, 0.25) is 0 Å². The molecule has 1 aromatic carbocycles. The van der Waals surface area contributed by atoms with E-state index in [0.29, 0.717) is 37.6 Å². The topological polar surface area (TPSA) is 53.1 Å². The first kappa shape index (κ1) is 19.2. The Bertz CT molecular complexity index is 760. The Labute approximate surface area is 166 Å². The summed E-state index contributed by atoms with van der Waals surface area (Å²) in [6.45, 7) is 8.00. The number of likely N-dealkylation sites (tertiary alicyclic amines) is 1. The smallest absolute Gasteiger partial charge is 0.277 e. The molecule has 0 spiro atoms. The van der Waals surface area contributed by atoms with E-state index in [1.807, 2.05) is 31.2 Å². The molecule has 3 aliphatic heterocycles. The van der Waals surface area contributed by atoms with Crippen LogP contribution < -0.4 is 0 Å². The molecular formula is C22H29N3O3. The first-order valence-corrected chi connectivity index (χ1v) is 10.4. The summed E-state index contributed by atoms with van der Waals surface area (Å²) >= 11 is 0. The van der Waals surface area contributed by atoms with Gasteiger partial charge in [0.05, 0.1) is 18.8 Å². The molecule has 6 heteroatoms. The van der Waals surface area contributed by atoms with Crippen LogP contribution in [0.4, 0.5) is 0 Å². The van der Waals surface area contributed by atoms with E-state index in [1.54, 1.807) is 0 Å². The first-order valence-electron chi connectivity index (χ1n) is 10.4. The van der Waals surface area contributed by atoms with Gasteiger partial charge in [-0.2, -0.15) is 0 Å². The molecule has 0 aromatic heterocycles. The van der Waals surface area contributed by atoms with E-state index in [9.17, 15) is 9.59 Å². The number of carbonyl (C=O) groups is 2. The summed E-state index contributed by atoms with van der Waals surface area (Å²) in [5.74, 6) is -0.279.